The molecule has 0 aliphatic carbocycles. The number of nitrogens with one attached hydrogen (secondary N) is 1. The maximum absolute atomic E-state index is 7.25. The summed E-state index contributed by atoms with van der Waals surface area (Å²) in [5.41, 5.74) is 6.35. The van der Waals surface area contributed by atoms with Gasteiger partial charge >= 0.3 is 0 Å². The van der Waals surface area contributed by atoms with Crippen LogP contribution in [0.4, 0.5) is 11.6 Å². The Hall–Kier alpha value is -3.23. The molecule has 5 rings (SSSR count). The minimum absolute atomic E-state index is 0.404. The molecule has 5 nitrogen and oxygen atoms in total. The molecule has 1 spiro atoms. The van der Waals surface area contributed by atoms with Gasteiger partial charge in [0, 0.05) is 24.8 Å². The number of piperidine rings is 1. The van der Waals surface area contributed by atoms with E-state index in [-0.39, 0.29) is 0 Å². The summed E-state index contributed by atoms with van der Waals surface area (Å²) in [7, 11) is 0. The van der Waals surface area contributed by atoms with Crippen LogP contribution in [0.25, 0.3) is 27.2 Å². The molecule has 3 aromatic rings. The fraction of sp³-hybridized carbons (Fsp3) is 0.346. The quantitative estimate of drug-likeness (QED) is 0.600. The molecule has 0 amide bonds. The SMILES string of the molecule is [C-]#[N+]c1ccc(-c2nc(N3CCC4(CCNCC4)C3)ncc2-c2ccc(C)cc2)cc1. The van der Waals surface area contributed by atoms with E-state index in [4.69, 9.17) is 16.5 Å². The lowest BCUT2D eigenvalue weighted by atomic mass is 9.78. The van der Waals surface area contributed by atoms with Gasteiger partial charge in [0.1, 0.15) is 0 Å². The third kappa shape index (κ3) is 3.92. The summed E-state index contributed by atoms with van der Waals surface area (Å²) in [6.45, 7) is 13.6. The number of hydrogen-bond acceptors (Lipinski definition) is 4. The van der Waals surface area contributed by atoms with Gasteiger partial charge in [-0.15, -0.1) is 0 Å². The first-order valence-corrected chi connectivity index (χ1v) is 11.0. The van der Waals surface area contributed by atoms with Crippen LogP contribution in [0.3, 0.4) is 0 Å². The highest BCUT2D eigenvalue weighted by Gasteiger charge is 2.39. The van der Waals surface area contributed by atoms with Crippen LogP contribution in [0.2, 0.25) is 0 Å². The van der Waals surface area contributed by atoms with Crippen LogP contribution in [0.5, 0.6) is 0 Å². The molecule has 156 valence electrons. The summed E-state index contributed by atoms with van der Waals surface area (Å²) in [4.78, 5) is 15.8. The third-order valence-electron chi connectivity index (χ3n) is 6.79. The lowest BCUT2D eigenvalue weighted by Gasteiger charge is -2.33. The van der Waals surface area contributed by atoms with Gasteiger partial charge < -0.3 is 10.2 Å². The van der Waals surface area contributed by atoms with Crippen molar-refractivity contribution in [2.24, 2.45) is 5.41 Å². The van der Waals surface area contributed by atoms with E-state index in [1.165, 1.54) is 24.8 Å². The van der Waals surface area contributed by atoms with Crippen molar-refractivity contribution in [2.75, 3.05) is 31.1 Å². The fourth-order valence-electron chi connectivity index (χ4n) is 4.85. The largest absolute Gasteiger partial charge is 0.340 e. The third-order valence-corrected chi connectivity index (χ3v) is 6.79. The maximum Gasteiger partial charge on any atom is 0.225 e. The molecule has 1 N–H and O–H groups in total. The Morgan fingerprint density at radius 1 is 0.968 bits per heavy atom. The average molecular weight is 410 g/mol. The molecule has 1 aromatic heterocycles. The Labute approximate surface area is 184 Å². The van der Waals surface area contributed by atoms with E-state index in [9.17, 15) is 0 Å². The zero-order valence-electron chi connectivity index (χ0n) is 17.9. The normalized spacial score (nSPS) is 17.6. The topological polar surface area (TPSA) is 45.4 Å². The van der Waals surface area contributed by atoms with Gasteiger partial charge in [-0.3, -0.25) is 0 Å². The summed E-state index contributed by atoms with van der Waals surface area (Å²) in [6, 6.07) is 16.2. The molecule has 0 unspecified atom stereocenters. The predicted octanol–water partition coefficient (Wildman–Crippen LogP) is 5.25. The van der Waals surface area contributed by atoms with E-state index in [0.29, 0.717) is 11.1 Å². The van der Waals surface area contributed by atoms with Crippen LogP contribution in [-0.4, -0.2) is 36.1 Å². The van der Waals surface area contributed by atoms with Gasteiger partial charge in [0.25, 0.3) is 0 Å². The second-order valence-electron chi connectivity index (χ2n) is 8.88. The molecule has 3 heterocycles. The van der Waals surface area contributed by atoms with Crippen LogP contribution in [0.1, 0.15) is 24.8 Å². The van der Waals surface area contributed by atoms with Crippen molar-refractivity contribution in [1.29, 1.82) is 0 Å². The number of aromatic nitrogens is 2. The van der Waals surface area contributed by atoms with E-state index in [1.54, 1.807) is 0 Å². The van der Waals surface area contributed by atoms with Crippen molar-refractivity contribution in [1.82, 2.24) is 15.3 Å². The molecular weight excluding hydrogens is 382 g/mol. The number of rotatable bonds is 3. The molecule has 2 fully saturated rings. The van der Waals surface area contributed by atoms with Crippen molar-refractivity contribution in [2.45, 2.75) is 26.2 Å². The number of anilines is 1. The standard InChI is InChI=1S/C26H27N5/c1-19-3-5-20(6-4-19)23-17-29-25(30-24(23)21-7-9-22(27-2)10-8-21)31-16-13-26(18-31)11-14-28-15-12-26/h3-10,17,28H,11-16,18H2,1H3. The monoisotopic (exact) mass is 409 g/mol. The molecule has 31 heavy (non-hydrogen) atoms. The average Bonchev–Trinajstić information content (AvgIpc) is 3.23. The highest BCUT2D eigenvalue weighted by molar-refractivity contribution is 5.81. The van der Waals surface area contributed by atoms with Gasteiger partial charge in [-0.25, -0.2) is 14.8 Å². The van der Waals surface area contributed by atoms with E-state index in [1.807, 2.05) is 30.5 Å². The van der Waals surface area contributed by atoms with Crippen molar-refractivity contribution >= 4 is 11.6 Å². The van der Waals surface area contributed by atoms with Gasteiger partial charge in [0.15, 0.2) is 5.69 Å². The minimum Gasteiger partial charge on any atom is -0.340 e. The Morgan fingerprint density at radius 2 is 1.68 bits per heavy atom. The first-order valence-electron chi connectivity index (χ1n) is 11.0. The van der Waals surface area contributed by atoms with Gasteiger partial charge in [0.05, 0.1) is 12.3 Å². The second kappa shape index (κ2) is 8.13. The minimum atomic E-state index is 0.404. The van der Waals surface area contributed by atoms with Crippen LogP contribution in [0.15, 0.2) is 54.7 Å². The number of nitrogens with zero attached hydrogens (tertiary/aromatic N) is 4. The number of hydrogen-bond donors (Lipinski definition) is 1. The fourth-order valence-corrected chi connectivity index (χ4v) is 4.85. The smallest absolute Gasteiger partial charge is 0.225 e. The summed E-state index contributed by atoms with van der Waals surface area (Å²) in [5, 5.41) is 3.49. The Balaban J connectivity index is 1.54. The zero-order valence-corrected chi connectivity index (χ0v) is 17.9. The summed E-state index contributed by atoms with van der Waals surface area (Å²) in [5.74, 6) is 0.815. The van der Waals surface area contributed by atoms with Crippen molar-refractivity contribution in [3.63, 3.8) is 0 Å². The maximum atomic E-state index is 7.25. The molecular formula is C26H27N5. The molecule has 0 atom stereocenters. The summed E-state index contributed by atoms with van der Waals surface area (Å²) >= 11 is 0. The second-order valence-corrected chi connectivity index (χ2v) is 8.88. The number of aryl methyl sites for hydroxylation is 1. The van der Waals surface area contributed by atoms with Crippen molar-refractivity contribution in [3.8, 4) is 22.4 Å². The van der Waals surface area contributed by atoms with E-state index < -0.39 is 0 Å². The molecule has 0 radical (unpaired) electrons. The van der Waals surface area contributed by atoms with Crippen molar-refractivity contribution < 1.29 is 0 Å². The molecule has 2 saturated heterocycles. The highest BCUT2D eigenvalue weighted by Crippen LogP contribution is 2.40. The van der Waals surface area contributed by atoms with Gasteiger partial charge in [0.2, 0.25) is 5.95 Å². The Bertz CT molecular complexity index is 1110. The zero-order chi connectivity index (χ0) is 21.3. The van der Waals surface area contributed by atoms with Crippen LogP contribution in [-0.2, 0) is 0 Å². The highest BCUT2D eigenvalue weighted by atomic mass is 15.3. The lowest BCUT2D eigenvalue weighted by Crippen LogP contribution is -2.38. The molecule has 2 aromatic carbocycles. The molecule has 0 bridgehead atoms. The molecule has 0 saturated carbocycles. The van der Waals surface area contributed by atoms with Crippen LogP contribution in [0, 0.1) is 18.9 Å². The number of benzene rings is 2. The van der Waals surface area contributed by atoms with Gasteiger partial charge in [-0.05, 0) is 55.8 Å². The van der Waals surface area contributed by atoms with Crippen molar-refractivity contribution in [3.05, 3.63) is 71.7 Å². The van der Waals surface area contributed by atoms with Crippen LogP contribution < -0.4 is 10.2 Å². The summed E-state index contributed by atoms with van der Waals surface area (Å²) < 4.78 is 0. The first kappa shape index (κ1) is 19.7. The Kier molecular flexibility index (Phi) is 5.17. The van der Waals surface area contributed by atoms with Gasteiger partial charge in [-0.2, -0.15) is 0 Å². The van der Waals surface area contributed by atoms with Gasteiger partial charge in [-0.1, -0.05) is 54.1 Å². The Morgan fingerprint density at radius 3 is 2.39 bits per heavy atom. The van der Waals surface area contributed by atoms with E-state index in [0.717, 1.165) is 54.5 Å². The summed E-state index contributed by atoms with van der Waals surface area (Å²) in [6.07, 6.45) is 5.65. The molecule has 2 aliphatic heterocycles. The molecule has 2 aliphatic rings. The van der Waals surface area contributed by atoms with E-state index >= 15 is 0 Å². The molecule has 5 heteroatoms. The van der Waals surface area contributed by atoms with E-state index in [2.05, 4.69) is 46.3 Å². The lowest BCUT2D eigenvalue weighted by molar-refractivity contribution is 0.232. The predicted molar refractivity (Wildman–Crippen MR) is 125 cm³/mol. The first-order chi connectivity index (χ1) is 15.2. The van der Waals surface area contributed by atoms with Crippen LogP contribution >= 0.6 is 0 Å².